The Morgan fingerprint density at radius 3 is 2.50 bits per heavy atom. The first-order valence-corrected chi connectivity index (χ1v) is 10.1. The van der Waals surface area contributed by atoms with E-state index in [0.29, 0.717) is 13.0 Å². The average molecular weight is 399 g/mol. The van der Waals surface area contributed by atoms with Crippen molar-refractivity contribution in [1.29, 1.82) is 0 Å². The fourth-order valence-corrected chi connectivity index (χ4v) is 3.81. The van der Waals surface area contributed by atoms with Crippen LogP contribution in [0, 0.1) is 6.92 Å². The molecule has 0 amide bonds. The van der Waals surface area contributed by atoms with Crippen molar-refractivity contribution >= 4 is 11.6 Å². The molecule has 2 heterocycles. The summed E-state index contributed by atoms with van der Waals surface area (Å²) >= 11 is 0. The lowest BCUT2D eigenvalue weighted by Gasteiger charge is -2.28. The van der Waals surface area contributed by atoms with E-state index in [1.807, 2.05) is 56.4 Å². The number of aryl methyl sites for hydroxylation is 1. The van der Waals surface area contributed by atoms with Gasteiger partial charge in [-0.25, -0.2) is 9.50 Å². The molecule has 2 aromatic heterocycles. The Morgan fingerprint density at radius 2 is 1.80 bits per heavy atom. The molecule has 4 aromatic rings. The summed E-state index contributed by atoms with van der Waals surface area (Å²) in [6.45, 7) is 6.13. The number of nitrogens with zero attached hydrogens (tertiary/aromatic N) is 3. The molecule has 0 aliphatic rings. The molecule has 1 unspecified atom stereocenters. The van der Waals surface area contributed by atoms with Crippen molar-refractivity contribution in [2.24, 2.45) is 0 Å². The highest BCUT2D eigenvalue weighted by atomic mass is 16.5. The molecule has 0 aliphatic carbocycles. The third-order valence-electron chi connectivity index (χ3n) is 5.46. The molecule has 0 N–H and O–H groups in total. The predicted molar refractivity (Wildman–Crippen MR) is 117 cm³/mol. The van der Waals surface area contributed by atoms with Gasteiger partial charge in [0.25, 0.3) is 0 Å². The molecular weight excluding hydrogens is 374 g/mol. The maximum Gasteiger partial charge on any atom is 0.318 e. The Kier molecular flexibility index (Phi) is 5.36. The molecule has 0 saturated heterocycles. The van der Waals surface area contributed by atoms with Gasteiger partial charge in [-0.2, -0.15) is 5.10 Å². The highest BCUT2D eigenvalue weighted by Crippen LogP contribution is 2.32. The van der Waals surface area contributed by atoms with Crippen LogP contribution in [0.15, 0.2) is 73.1 Å². The molecule has 1 atom stereocenters. The standard InChI is InChI=1S/C25H25N3O2/c1-4-30-24(29)25(3,16-19-8-6-5-7-9-19)22-14-15-26-23-21(17-27-28(22)23)20-12-10-18(2)11-13-20/h5-15,17H,4,16H2,1-3H3. The van der Waals surface area contributed by atoms with Crippen molar-refractivity contribution in [3.63, 3.8) is 0 Å². The van der Waals surface area contributed by atoms with Gasteiger partial charge in [0.15, 0.2) is 5.65 Å². The first kappa shape index (κ1) is 19.8. The minimum Gasteiger partial charge on any atom is -0.465 e. The molecule has 5 nitrogen and oxygen atoms in total. The zero-order valence-electron chi connectivity index (χ0n) is 17.5. The van der Waals surface area contributed by atoms with Crippen LogP contribution in [-0.2, 0) is 21.4 Å². The number of benzene rings is 2. The summed E-state index contributed by atoms with van der Waals surface area (Å²) in [5.74, 6) is -0.270. The number of aromatic nitrogens is 3. The third-order valence-corrected chi connectivity index (χ3v) is 5.46. The second kappa shape index (κ2) is 8.11. The normalized spacial score (nSPS) is 13.2. The molecule has 30 heavy (non-hydrogen) atoms. The Hall–Kier alpha value is -3.47. The topological polar surface area (TPSA) is 56.5 Å². The maximum atomic E-state index is 13.1. The molecule has 0 aliphatic heterocycles. The van der Waals surface area contributed by atoms with Crippen LogP contribution in [0.5, 0.6) is 0 Å². The highest BCUT2D eigenvalue weighted by Gasteiger charge is 2.39. The SMILES string of the molecule is CCOC(=O)C(C)(Cc1ccccc1)c1ccnc2c(-c3ccc(C)cc3)cnn12. The van der Waals surface area contributed by atoms with E-state index in [2.05, 4.69) is 41.3 Å². The van der Waals surface area contributed by atoms with Crippen molar-refractivity contribution in [3.05, 3.63) is 89.9 Å². The average Bonchev–Trinajstić information content (AvgIpc) is 3.19. The summed E-state index contributed by atoms with van der Waals surface area (Å²) in [6.07, 6.45) is 4.06. The van der Waals surface area contributed by atoms with Gasteiger partial charge in [0.2, 0.25) is 0 Å². The fourth-order valence-electron chi connectivity index (χ4n) is 3.81. The van der Waals surface area contributed by atoms with Gasteiger partial charge >= 0.3 is 5.97 Å². The molecule has 0 spiro atoms. The van der Waals surface area contributed by atoms with Gasteiger partial charge in [0.05, 0.1) is 18.5 Å². The molecule has 2 aromatic carbocycles. The van der Waals surface area contributed by atoms with Gasteiger partial charge in [0, 0.05) is 11.8 Å². The highest BCUT2D eigenvalue weighted by molar-refractivity contribution is 5.84. The number of rotatable bonds is 6. The summed E-state index contributed by atoms with van der Waals surface area (Å²) in [4.78, 5) is 17.7. The van der Waals surface area contributed by atoms with E-state index in [4.69, 9.17) is 4.74 Å². The number of carbonyl (C=O) groups is 1. The number of esters is 1. The quantitative estimate of drug-likeness (QED) is 0.438. The van der Waals surface area contributed by atoms with Crippen LogP contribution in [0.4, 0.5) is 0 Å². The van der Waals surface area contributed by atoms with E-state index in [0.717, 1.165) is 28.0 Å². The number of hydrogen-bond donors (Lipinski definition) is 0. The lowest BCUT2D eigenvalue weighted by Crippen LogP contribution is -2.38. The summed E-state index contributed by atoms with van der Waals surface area (Å²) in [7, 11) is 0. The minimum atomic E-state index is -0.908. The van der Waals surface area contributed by atoms with Gasteiger partial charge < -0.3 is 4.74 Å². The molecule has 5 heteroatoms. The zero-order valence-corrected chi connectivity index (χ0v) is 17.5. The van der Waals surface area contributed by atoms with Gasteiger partial charge in [-0.05, 0) is 44.4 Å². The number of fused-ring (bicyclic) bond motifs is 1. The maximum absolute atomic E-state index is 13.1. The van der Waals surface area contributed by atoms with Crippen LogP contribution in [-0.4, -0.2) is 27.2 Å². The van der Waals surface area contributed by atoms with E-state index in [1.165, 1.54) is 5.56 Å². The van der Waals surface area contributed by atoms with E-state index in [-0.39, 0.29) is 5.97 Å². The molecule has 4 rings (SSSR count). The molecule has 0 fully saturated rings. The van der Waals surface area contributed by atoms with Crippen LogP contribution in [0.25, 0.3) is 16.8 Å². The Balaban J connectivity index is 1.85. The van der Waals surface area contributed by atoms with Crippen molar-refractivity contribution in [3.8, 4) is 11.1 Å². The van der Waals surface area contributed by atoms with Crippen LogP contribution in [0.3, 0.4) is 0 Å². The second-order valence-corrected chi connectivity index (χ2v) is 7.70. The monoisotopic (exact) mass is 399 g/mol. The summed E-state index contributed by atoms with van der Waals surface area (Å²) in [5, 5.41) is 4.61. The predicted octanol–water partition coefficient (Wildman–Crippen LogP) is 4.77. The van der Waals surface area contributed by atoms with Crippen LogP contribution >= 0.6 is 0 Å². The minimum absolute atomic E-state index is 0.270. The van der Waals surface area contributed by atoms with E-state index in [9.17, 15) is 4.79 Å². The van der Waals surface area contributed by atoms with Crippen molar-refractivity contribution in [1.82, 2.24) is 14.6 Å². The molecular formula is C25H25N3O2. The first-order chi connectivity index (χ1) is 14.5. The third kappa shape index (κ3) is 3.59. The zero-order chi connectivity index (χ0) is 21.1. The van der Waals surface area contributed by atoms with Crippen LogP contribution in [0.2, 0.25) is 0 Å². The Labute approximate surface area is 176 Å². The van der Waals surface area contributed by atoms with Crippen LogP contribution in [0.1, 0.15) is 30.7 Å². The van der Waals surface area contributed by atoms with E-state index in [1.54, 1.807) is 10.7 Å². The lowest BCUT2D eigenvalue weighted by atomic mass is 9.80. The summed E-state index contributed by atoms with van der Waals surface area (Å²) < 4.78 is 7.26. The first-order valence-electron chi connectivity index (χ1n) is 10.1. The smallest absolute Gasteiger partial charge is 0.318 e. The largest absolute Gasteiger partial charge is 0.465 e. The Bertz CT molecular complexity index is 1170. The van der Waals surface area contributed by atoms with Gasteiger partial charge in [0.1, 0.15) is 5.41 Å². The van der Waals surface area contributed by atoms with Gasteiger partial charge in [-0.15, -0.1) is 0 Å². The Morgan fingerprint density at radius 1 is 1.07 bits per heavy atom. The summed E-state index contributed by atoms with van der Waals surface area (Å²) in [5.41, 5.74) is 4.80. The van der Waals surface area contributed by atoms with Crippen LogP contribution < -0.4 is 0 Å². The second-order valence-electron chi connectivity index (χ2n) is 7.70. The van der Waals surface area contributed by atoms with Crippen molar-refractivity contribution < 1.29 is 9.53 Å². The lowest BCUT2D eigenvalue weighted by molar-refractivity contribution is -0.149. The number of hydrogen-bond acceptors (Lipinski definition) is 4. The van der Waals surface area contributed by atoms with Gasteiger partial charge in [-0.1, -0.05) is 60.2 Å². The summed E-state index contributed by atoms with van der Waals surface area (Å²) in [6, 6.07) is 20.1. The molecule has 0 saturated carbocycles. The van der Waals surface area contributed by atoms with E-state index < -0.39 is 5.41 Å². The van der Waals surface area contributed by atoms with E-state index >= 15 is 0 Å². The number of ether oxygens (including phenoxy) is 1. The number of carbonyl (C=O) groups excluding carboxylic acids is 1. The fraction of sp³-hybridized carbons (Fsp3) is 0.240. The van der Waals surface area contributed by atoms with Crippen molar-refractivity contribution in [2.75, 3.05) is 6.61 Å². The molecule has 0 bridgehead atoms. The van der Waals surface area contributed by atoms with Crippen molar-refractivity contribution in [2.45, 2.75) is 32.6 Å². The molecule has 0 radical (unpaired) electrons. The molecule has 152 valence electrons. The van der Waals surface area contributed by atoms with Gasteiger partial charge in [-0.3, -0.25) is 4.79 Å².